The van der Waals surface area contributed by atoms with Gasteiger partial charge in [-0.15, -0.1) is 0 Å². The molecule has 0 bridgehead atoms. The first-order chi connectivity index (χ1) is 7.40. The van der Waals surface area contributed by atoms with Crippen molar-refractivity contribution in [3.05, 3.63) is 29.3 Å². The van der Waals surface area contributed by atoms with Gasteiger partial charge in [-0.25, -0.2) is 0 Å². The highest BCUT2D eigenvalue weighted by atomic mass is 16.5. The Kier molecular flexibility index (Phi) is 2.17. The maximum atomic E-state index is 5.83. The molecule has 0 aromatic heterocycles. The lowest BCUT2D eigenvalue weighted by Gasteiger charge is -2.35. The molecule has 2 heteroatoms. The highest BCUT2D eigenvalue weighted by molar-refractivity contribution is 5.47. The molecule has 1 aromatic rings. The van der Waals surface area contributed by atoms with E-state index in [4.69, 9.17) is 10.5 Å². The largest absolute Gasteiger partial charge is 0.493 e. The van der Waals surface area contributed by atoms with E-state index in [1.54, 1.807) is 0 Å². The normalized spacial score (nSPS) is 28.1. The van der Waals surface area contributed by atoms with Crippen molar-refractivity contribution in [1.29, 1.82) is 0 Å². The molecule has 0 spiro atoms. The summed E-state index contributed by atoms with van der Waals surface area (Å²) in [5.41, 5.74) is 8.75. The molecular formula is C13H17NO. The van der Waals surface area contributed by atoms with Gasteiger partial charge in [-0.1, -0.05) is 12.1 Å². The van der Waals surface area contributed by atoms with E-state index in [9.17, 15) is 0 Å². The molecule has 0 fully saturated rings. The number of rotatable bonds is 1. The smallest absolute Gasteiger partial charge is 0.123 e. The summed E-state index contributed by atoms with van der Waals surface area (Å²) in [5, 5.41) is 0. The predicted molar refractivity (Wildman–Crippen MR) is 60.3 cm³/mol. The van der Waals surface area contributed by atoms with E-state index in [0.29, 0.717) is 5.92 Å². The van der Waals surface area contributed by atoms with Crippen molar-refractivity contribution in [2.75, 3.05) is 13.2 Å². The second-order valence-electron chi connectivity index (χ2n) is 4.60. The molecule has 0 unspecified atom stereocenters. The number of ether oxygens (including phenoxy) is 1. The lowest BCUT2D eigenvalue weighted by molar-refractivity contribution is 0.252. The van der Waals surface area contributed by atoms with Crippen LogP contribution in [0.2, 0.25) is 0 Å². The van der Waals surface area contributed by atoms with Crippen LogP contribution in [0.3, 0.4) is 0 Å². The van der Waals surface area contributed by atoms with Crippen LogP contribution in [0.25, 0.3) is 0 Å². The van der Waals surface area contributed by atoms with Crippen LogP contribution >= 0.6 is 0 Å². The molecule has 1 aliphatic heterocycles. The summed E-state index contributed by atoms with van der Waals surface area (Å²) in [6.45, 7) is 1.65. The molecule has 1 heterocycles. The molecule has 2 nitrogen and oxygen atoms in total. The number of hydrogen-bond acceptors (Lipinski definition) is 2. The molecule has 2 atom stereocenters. The van der Waals surface area contributed by atoms with Crippen molar-refractivity contribution < 1.29 is 4.74 Å². The van der Waals surface area contributed by atoms with Gasteiger partial charge >= 0.3 is 0 Å². The Morgan fingerprint density at radius 3 is 3.07 bits per heavy atom. The minimum Gasteiger partial charge on any atom is -0.493 e. The van der Waals surface area contributed by atoms with E-state index in [2.05, 4.69) is 18.2 Å². The van der Waals surface area contributed by atoms with Crippen molar-refractivity contribution in [3.63, 3.8) is 0 Å². The van der Waals surface area contributed by atoms with Gasteiger partial charge in [0.25, 0.3) is 0 Å². The Morgan fingerprint density at radius 2 is 2.20 bits per heavy atom. The maximum absolute atomic E-state index is 5.83. The Balaban J connectivity index is 2.13. The molecule has 0 saturated carbocycles. The fourth-order valence-corrected chi connectivity index (χ4v) is 3.03. The average Bonchev–Trinajstić information content (AvgIpc) is 2.30. The van der Waals surface area contributed by atoms with Crippen LogP contribution in [0.4, 0.5) is 0 Å². The monoisotopic (exact) mass is 203 g/mol. The Bertz CT molecular complexity index is 375. The zero-order valence-corrected chi connectivity index (χ0v) is 8.91. The standard InChI is InChI=1S/C13H17NO/c14-8-10-5-4-9-6-7-15-12-3-1-2-11(10)13(9)12/h1-3,9-10H,4-8,14H2/t9-,10+/m0/s1. The maximum Gasteiger partial charge on any atom is 0.123 e. The third-order valence-corrected chi connectivity index (χ3v) is 3.82. The van der Waals surface area contributed by atoms with E-state index in [-0.39, 0.29) is 0 Å². The van der Waals surface area contributed by atoms with Gasteiger partial charge in [0.2, 0.25) is 0 Å². The van der Waals surface area contributed by atoms with Gasteiger partial charge in [-0.2, -0.15) is 0 Å². The van der Waals surface area contributed by atoms with Crippen LogP contribution in [0.5, 0.6) is 5.75 Å². The highest BCUT2D eigenvalue weighted by Crippen LogP contribution is 2.46. The molecule has 2 N–H and O–H groups in total. The molecule has 80 valence electrons. The summed E-state index contributed by atoms with van der Waals surface area (Å²) < 4.78 is 5.72. The van der Waals surface area contributed by atoms with Crippen LogP contribution in [0, 0.1) is 0 Å². The zero-order valence-electron chi connectivity index (χ0n) is 8.91. The summed E-state index contributed by atoms with van der Waals surface area (Å²) in [6, 6.07) is 6.44. The molecule has 1 aromatic carbocycles. The Morgan fingerprint density at radius 1 is 1.27 bits per heavy atom. The Labute approximate surface area is 90.4 Å². The number of hydrogen-bond donors (Lipinski definition) is 1. The molecule has 0 amide bonds. The molecule has 15 heavy (non-hydrogen) atoms. The van der Waals surface area contributed by atoms with Crippen molar-refractivity contribution >= 4 is 0 Å². The summed E-state index contributed by atoms with van der Waals surface area (Å²) in [7, 11) is 0. The molecule has 2 aliphatic rings. The van der Waals surface area contributed by atoms with Crippen LogP contribution in [-0.4, -0.2) is 13.2 Å². The van der Waals surface area contributed by atoms with Gasteiger partial charge in [0, 0.05) is 5.56 Å². The van der Waals surface area contributed by atoms with E-state index in [1.165, 1.54) is 30.4 Å². The summed E-state index contributed by atoms with van der Waals surface area (Å²) >= 11 is 0. The van der Waals surface area contributed by atoms with E-state index in [1.807, 2.05) is 0 Å². The van der Waals surface area contributed by atoms with Crippen molar-refractivity contribution in [3.8, 4) is 5.75 Å². The molecule has 0 saturated heterocycles. The fraction of sp³-hybridized carbons (Fsp3) is 0.538. The van der Waals surface area contributed by atoms with E-state index >= 15 is 0 Å². The molecule has 3 rings (SSSR count). The first-order valence-corrected chi connectivity index (χ1v) is 5.86. The zero-order chi connectivity index (χ0) is 10.3. The highest BCUT2D eigenvalue weighted by Gasteiger charge is 2.31. The van der Waals surface area contributed by atoms with Crippen LogP contribution < -0.4 is 10.5 Å². The van der Waals surface area contributed by atoms with Crippen molar-refractivity contribution in [2.45, 2.75) is 31.1 Å². The number of benzene rings is 1. The van der Waals surface area contributed by atoms with Gasteiger partial charge in [-0.3, -0.25) is 0 Å². The second-order valence-corrected chi connectivity index (χ2v) is 4.60. The predicted octanol–water partition coefficient (Wildman–Crippen LogP) is 2.39. The minimum atomic E-state index is 0.554. The van der Waals surface area contributed by atoms with Crippen molar-refractivity contribution in [2.24, 2.45) is 5.73 Å². The first kappa shape index (κ1) is 9.22. The molecule has 1 aliphatic carbocycles. The van der Waals surface area contributed by atoms with Crippen LogP contribution in [0.15, 0.2) is 18.2 Å². The summed E-state index contributed by atoms with van der Waals surface area (Å²) in [5.74, 6) is 2.40. The van der Waals surface area contributed by atoms with Gasteiger partial charge in [0.1, 0.15) is 5.75 Å². The fourth-order valence-electron chi connectivity index (χ4n) is 3.03. The van der Waals surface area contributed by atoms with Gasteiger partial charge in [-0.05, 0) is 49.3 Å². The SMILES string of the molecule is NC[C@H]1CC[C@H]2CCOc3cccc1c32. The van der Waals surface area contributed by atoms with Crippen LogP contribution in [0.1, 0.15) is 42.2 Å². The molecule has 0 radical (unpaired) electrons. The Hall–Kier alpha value is -1.02. The van der Waals surface area contributed by atoms with Crippen molar-refractivity contribution in [1.82, 2.24) is 0 Å². The van der Waals surface area contributed by atoms with Crippen LogP contribution in [-0.2, 0) is 0 Å². The summed E-state index contributed by atoms with van der Waals surface area (Å²) in [6.07, 6.45) is 3.72. The average molecular weight is 203 g/mol. The second kappa shape index (κ2) is 3.53. The van der Waals surface area contributed by atoms with E-state index in [0.717, 1.165) is 24.8 Å². The third kappa shape index (κ3) is 1.36. The third-order valence-electron chi connectivity index (χ3n) is 3.82. The quantitative estimate of drug-likeness (QED) is 0.760. The minimum absolute atomic E-state index is 0.554. The lowest BCUT2D eigenvalue weighted by atomic mass is 9.74. The van der Waals surface area contributed by atoms with Gasteiger partial charge in [0.05, 0.1) is 6.61 Å². The number of nitrogens with two attached hydrogens (primary N) is 1. The van der Waals surface area contributed by atoms with E-state index < -0.39 is 0 Å². The first-order valence-electron chi connectivity index (χ1n) is 5.86. The van der Waals surface area contributed by atoms with Gasteiger partial charge in [0.15, 0.2) is 0 Å². The lowest BCUT2D eigenvalue weighted by Crippen LogP contribution is -2.25. The van der Waals surface area contributed by atoms with Gasteiger partial charge < -0.3 is 10.5 Å². The summed E-state index contributed by atoms with van der Waals surface area (Å²) in [4.78, 5) is 0. The topological polar surface area (TPSA) is 35.2 Å². The molecular weight excluding hydrogens is 186 g/mol.